The van der Waals surface area contributed by atoms with Crippen LogP contribution in [0, 0.1) is 13.8 Å². The standard InChI is InChI=1S/C10H11O/c1-3-10(11)9-7-5-4-6-8(9)2/h4-7H,1,3H2,2H3. The topological polar surface area (TPSA) is 17.1 Å². The summed E-state index contributed by atoms with van der Waals surface area (Å²) in [5.41, 5.74) is 1.82. The Kier molecular flexibility index (Phi) is 2.42. The van der Waals surface area contributed by atoms with Crippen LogP contribution in [0.25, 0.3) is 0 Å². The summed E-state index contributed by atoms with van der Waals surface area (Å²) in [6, 6.07) is 7.57. The molecule has 1 nitrogen and oxygen atoms in total. The highest BCUT2D eigenvalue weighted by Gasteiger charge is 2.03. The van der Waals surface area contributed by atoms with E-state index in [0.717, 1.165) is 11.1 Å². The van der Waals surface area contributed by atoms with Crippen molar-refractivity contribution in [2.75, 3.05) is 0 Å². The molecule has 0 aliphatic carbocycles. The number of Topliss-reactive ketones (excluding diaryl/α,β-unsaturated/α-hetero) is 1. The molecule has 0 heterocycles. The number of ketones is 1. The Balaban J connectivity index is 3.03. The maximum atomic E-state index is 11.2. The second-order valence-corrected chi connectivity index (χ2v) is 2.49. The molecule has 1 aromatic rings. The van der Waals surface area contributed by atoms with E-state index >= 15 is 0 Å². The largest absolute Gasteiger partial charge is 0.294 e. The third kappa shape index (κ3) is 1.67. The number of aryl methyl sites for hydroxylation is 1. The lowest BCUT2D eigenvalue weighted by molar-refractivity contribution is 0.0994. The maximum absolute atomic E-state index is 11.2. The average Bonchev–Trinajstić information content (AvgIpc) is 2.04. The van der Waals surface area contributed by atoms with Crippen molar-refractivity contribution >= 4 is 5.78 Å². The first kappa shape index (κ1) is 7.99. The molecule has 0 N–H and O–H groups in total. The molecule has 1 heteroatoms. The van der Waals surface area contributed by atoms with Crippen LogP contribution >= 0.6 is 0 Å². The van der Waals surface area contributed by atoms with E-state index in [0.29, 0.717) is 6.42 Å². The van der Waals surface area contributed by atoms with Crippen LogP contribution in [0.15, 0.2) is 24.3 Å². The Morgan fingerprint density at radius 1 is 1.45 bits per heavy atom. The molecular formula is C10H11O. The molecule has 57 valence electrons. The molecule has 0 unspecified atom stereocenters. The van der Waals surface area contributed by atoms with Gasteiger partial charge in [0.2, 0.25) is 0 Å². The van der Waals surface area contributed by atoms with Gasteiger partial charge < -0.3 is 0 Å². The molecule has 0 saturated carbocycles. The number of carbonyl (C=O) groups excluding carboxylic acids is 1. The second-order valence-electron chi connectivity index (χ2n) is 2.49. The first-order valence-electron chi connectivity index (χ1n) is 3.64. The van der Waals surface area contributed by atoms with E-state index in [1.54, 1.807) is 0 Å². The van der Waals surface area contributed by atoms with E-state index in [9.17, 15) is 4.79 Å². The van der Waals surface area contributed by atoms with Gasteiger partial charge in [-0.2, -0.15) is 0 Å². The quantitative estimate of drug-likeness (QED) is 0.587. The molecule has 0 aromatic heterocycles. The van der Waals surface area contributed by atoms with Gasteiger partial charge in [-0.3, -0.25) is 4.79 Å². The Morgan fingerprint density at radius 2 is 2.09 bits per heavy atom. The molecule has 0 spiro atoms. The number of rotatable bonds is 2. The molecule has 11 heavy (non-hydrogen) atoms. The van der Waals surface area contributed by atoms with Gasteiger partial charge in [0, 0.05) is 12.0 Å². The normalized spacial score (nSPS) is 9.64. The van der Waals surface area contributed by atoms with Crippen LogP contribution < -0.4 is 0 Å². The van der Waals surface area contributed by atoms with Crippen LogP contribution in [0.5, 0.6) is 0 Å². The summed E-state index contributed by atoms with van der Waals surface area (Å²) in [5, 5.41) is 0. The Labute approximate surface area is 67.1 Å². The van der Waals surface area contributed by atoms with Gasteiger partial charge in [0.15, 0.2) is 5.78 Å². The van der Waals surface area contributed by atoms with Crippen molar-refractivity contribution in [2.45, 2.75) is 13.3 Å². The fourth-order valence-electron chi connectivity index (χ4n) is 1.02. The van der Waals surface area contributed by atoms with Gasteiger partial charge in [-0.05, 0) is 19.4 Å². The molecule has 0 fully saturated rings. The Morgan fingerprint density at radius 3 is 2.64 bits per heavy atom. The first-order chi connectivity index (χ1) is 5.25. The van der Waals surface area contributed by atoms with Crippen LogP contribution in [0.2, 0.25) is 0 Å². The minimum atomic E-state index is 0.114. The number of hydrogen-bond donors (Lipinski definition) is 0. The van der Waals surface area contributed by atoms with E-state index < -0.39 is 0 Å². The van der Waals surface area contributed by atoms with Gasteiger partial charge in [-0.1, -0.05) is 24.3 Å². The van der Waals surface area contributed by atoms with Crippen molar-refractivity contribution in [3.63, 3.8) is 0 Å². The van der Waals surface area contributed by atoms with E-state index in [1.165, 1.54) is 0 Å². The van der Waals surface area contributed by atoms with Gasteiger partial charge in [0.05, 0.1) is 0 Å². The van der Waals surface area contributed by atoms with Crippen molar-refractivity contribution < 1.29 is 4.79 Å². The summed E-state index contributed by atoms with van der Waals surface area (Å²) in [7, 11) is 0. The minimum absolute atomic E-state index is 0.114. The van der Waals surface area contributed by atoms with Crippen LogP contribution in [-0.2, 0) is 0 Å². The van der Waals surface area contributed by atoms with Crippen LogP contribution in [0.4, 0.5) is 0 Å². The van der Waals surface area contributed by atoms with Gasteiger partial charge >= 0.3 is 0 Å². The van der Waals surface area contributed by atoms with Gasteiger partial charge in [0.25, 0.3) is 0 Å². The average molecular weight is 147 g/mol. The second kappa shape index (κ2) is 3.33. The van der Waals surface area contributed by atoms with Crippen LogP contribution in [0.3, 0.4) is 0 Å². The zero-order valence-corrected chi connectivity index (χ0v) is 6.63. The van der Waals surface area contributed by atoms with Crippen molar-refractivity contribution in [1.29, 1.82) is 0 Å². The number of hydrogen-bond acceptors (Lipinski definition) is 1. The van der Waals surface area contributed by atoms with Crippen molar-refractivity contribution in [3.05, 3.63) is 42.3 Å². The summed E-state index contributed by atoms with van der Waals surface area (Å²) in [4.78, 5) is 11.2. The zero-order valence-electron chi connectivity index (χ0n) is 6.63. The molecule has 1 aromatic carbocycles. The minimum Gasteiger partial charge on any atom is -0.294 e. The van der Waals surface area contributed by atoms with Crippen molar-refractivity contribution in [2.24, 2.45) is 0 Å². The van der Waals surface area contributed by atoms with Crippen molar-refractivity contribution in [3.8, 4) is 0 Å². The number of benzene rings is 1. The van der Waals surface area contributed by atoms with Crippen molar-refractivity contribution in [1.82, 2.24) is 0 Å². The summed E-state index contributed by atoms with van der Waals surface area (Å²) in [6.07, 6.45) is 0.338. The van der Waals surface area contributed by atoms with Crippen LogP contribution in [0.1, 0.15) is 22.3 Å². The molecule has 0 saturated heterocycles. The monoisotopic (exact) mass is 147 g/mol. The maximum Gasteiger partial charge on any atom is 0.163 e. The smallest absolute Gasteiger partial charge is 0.163 e. The third-order valence-corrected chi connectivity index (χ3v) is 1.67. The summed E-state index contributed by atoms with van der Waals surface area (Å²) in [6.45, 7) is 5.49. The molecule has 0 amide bonds. The van der Waals surface area contributed by atoms with E-state index in [1.807, 2.05) is 31.2 Å². The Hall–Kier alpha value is -1.11. The molecule has 0 atom stereocenters. The summed E-state index contributed by atoms with van der Waals surface area (Å²) in [5.74, 6) is 0.114. The first-order valence-corrected chi connectivity index (χ1v) is 3.64. The van der Waals surface area contributed by atoms with Gasteiger partial charge in [0.1, 0.15) is 0 Å². The highest BCUT2D eigenvalue weighted by Crippen LogP contribution is 2.08. The van der Waals surface area contributed by atoms with E-state index in [2.05, 4.69) is 6.92 Å². The van der Waals surface area contributed by atoms with Gasteiger partial charge in [-0.15, -0.1) is 0 Å². The lowest BCUT2D eigenvalue weighted by Crippen LogP contribution is -1.98. The fraction of sp³-hybridized carbons (Fsp3) is 0.200. The predicted molar refractivity (Wildman–Crippen MR) is 45.5 cm³/mol. The fourth-order valence-corrected chi connectivity index (χ4v) is 1.02. The molecule has 1 rings (SSSR count). The summed E-state index contributed by atoms with van der Waals surface area (Å²) >= 11 is 0. The van der Waals surface area contributed by atoms with E-state index in [4.69, 9.17) is 0 Å². The molecule has 0 aliphatic rings. The van der Waals surface area contributed by atoms with Crippen LogP contribution in [-0.4, -0.2) is 5.78 Å². The summed E-state index contributed by atoms with van der Waals surface area (Å²) < 4.78 is 0. The molecule has 0 bridgehead atoms. The highest BCUT2D eigenvalue weighted by atomic mass is 16.1. The molecule has 1 radical (unpaired) electrons. The third-order valence-electron chi connectivity index (χ3n) is 1.67. The molecule has 0 aliphatic heterocycles. The Bertz CT molecular complexity index is 263. The highest BCUT2D eigenvalue weighted by molar-refractivity contribution is 5.97. The van der Waals surface area contributed by atoms with Gasteiger partial charge in [-0.25, -0.2) is 0 Å². The zero-order chi connectivity index (χ0) is 8.27. The lowest BCUT2D eigenvalue weighted by atomic mass is 10.0. The lowest BCUT2D eigenvalue weighted by Gasteiger charge is -2.00. The predicted octanol–water partition coefficient (Wildman–Crippen LogP) is 2.40. The van der Waals surface area contributed by atoms with E-state index in [-0.39, 0.29) is 5.78 Å². The number of carbonyl (C=O) groups is 1. The molecular weight excluding hydrogens is 136 g/mol. The SMILES string of the molecule is [CH2]CC(=O)c1ccccc1C.